The van der Waals surface area contributed by atoms with Crippen LogP contribution < -0.4 is 5.32 Å². The topological polar surface area (TPSA) is 113 Å². The summed E-state index contributed by atoms with van der Waals surface area (Å²) in [5.74, 6) is -0.831. The van der Waals surface area contributed by atoms with E-state index in [0.29, 0.717) is 30.4 Å². The number of benzene rings is 1. The minimum Gasteiger partial charge on any atom is -0.347 e. The molecule has 2 aliphatic heterocycles. The molecule has 4 rings (SSSR count). The number of nitrogens with one attached hydrogen (secondary N) is 1. The first-order valence-corrected chi connectivity index (χ1v) is 11.9. The highest BCUT2D eigenvalue weighted by molar-refractivity contribution is 7.89. The first-order chi connectivity index (χ1) is 14.0. The van der Waals surface area contributed by atoms with Crippen LogP contribution in [-0.4, -0.2) is 70.9 Å². The van der Waals surface area contributed by atoms with Gasteiger partial charge in [0.15, 0.2) is 0 Å². The molecule has 9 nitrogen and oxygen atoms in total. The molecule has 1 unspecified atom stereocenters. The predicted molar refractivity (Wildman–Crippen MR) is 108 cm³/mol. The van der Waals surface area contributed by atoms with Crippen LogP contribution in [0, 0.1) is 5.92 Å². The van der Waals surface area contributed by atoms with Gasteiger partial charge in [-0.3, -0.25) is 9.59 Å². The van der Waals surface area contributed by atoms with E-state index in [4.69, 9.17) is 0 Å². The minimum absolute atomic E-state index is 0.0358. The van der Waals surface area contributed by atoms with Gasteiger partial charge in [0.25, 0.3) is 0 Å². The van der Waals surface area contributed by atoms with Crippen LogP contribution in [0.25, 0.3) is 11.0 Å². The van der Waals surface area contributed by atoms with Gasteiger partial charge in [-0.2, -0.15) is 13.1 Å². The van der Waals surface area contributed by atoms with Crippen LogP contribution in [0.1, 0.15) is 25.7 Å². The summed E-state index contributed by atoms with van der Waals surface area (Å²) in [5.41, 5.74) is 0.906. The molecule has 0 radical (unpaired) electrons. The Morgan fingerprint density at radius 2 is 1.93 bits per heavy atom. The van der Waals surface area contributed by atoms with Crippen molar-refractivity contribution < 1.29 is 18.0 Å². The van der Waals surface area contributed by atoms with Gasteiger partial charge in [-0.25, -0.2) is 8.42 Å². The second-order valence-corrected chi connectivity index (χ2v) is 9.83. The summed E-state index contributed by atoms with van der Waals surface area (Å²) in [5, 5.41) is 2.69. The van der Waals surface area contributed by atoms with Crippen LogP contribution >= 0.6 is 11.7 Å². The van der Waals surface area contributed by atoms with Crippen LogP contribution in [0.4, 0.5) is 0 Å². The van der Waals surface area contributed by atoms with Crippen LogP contribution in [0.3, 0.4) is 0 Å². The van der Waals surface area contributed by atoms with Crippen molar-refractivity contribution in [3.05, 3.63) is 18.2 Å². The summed E-state index contributed by atoms with van der Waals surface area (Å²) >= 11 is 0.972. The first-order valence-electron chi connectivity index (χ1n) is 9.74. The van der Waals surface area contributed by atoms with Crippen LogP contribution in [0.2, 0.25) is 0 Å². The molecule has 0 saturated carbocycles. The monoisotopic (exact) mass is 437 g/mol. The molecule has 0 bridgehead atoms. The van der Waals surface area contributed by atoms with Crippen molar-refractivity contribution >= 4 is 44.6 Å². The van der Waals surface area contributed by atoms with Gasteiger partial charge in [0.05, 0.1) is 24.2 Å². The van der Waals surface area contributed by atoms with E-state index in [0.717, 1.165) is 37.7 Å². The molecule has 1 atom stereocenters. The highest BCUT2D eigenvalue weighted by Gasteiger charge is 2.35. The Morgan fingerprint density at radius 1 is 1.14 bits per heavy atom. The molecule has 1 aromatic carbocycles. The average molecular weight is 438 g/mol. The van der Waals surface area contributed by atoms with E-state index in [1.54, 1.807) is 17.0 Å². The van der Waals surface area contributed by atoms with Gasteiger partial charge < -0.3 is 10.2 Å². The Labute approximate surface area is 173 Å². The quantitative estimate of drug-likeness (QED) is 0.741. The predicted octanol–water partition coefficient (Wildman–Crippen LogP) is 0.831. The maximum absolute atomic E-state index is 13.2. The number of aromatic nitrogens is 2. The standard InChI is InChI=1S/C18H23N5O4S2/c24-16(22-8-1-2-9-22)11-19-18(25)13-5-4-10-23(12-13)29(26,27)15-7-3-6-14-17(15)21-28-20-14/h3,6-7,13H,1-2,4-5,8-12H2,(H,19,25). The smallest absolute Gasteiger partial charge is 0.245 e. The lowest BCUT2D eigenvalue weighted by Crippen LogP contribution is -2.47. The zero-order chi connectivity index (χ0) is 20.4. The zero-order valence-corrected chi connectivity index (χ0v) is 17.5. The number of likely N-dealkylation sites (tertiary alicyclic amines) is 1. The van der Waals surface area contributed by atoms with E-state index in [9.17, 15) is 18.0 Å². The molecule has 2 aliphatic rings. The van der Waals surface area contributed by atoms with Crippen molar-refractivity contribution in [1.82, 2.24) is 23.3 Å². The fraction of sp³-hybridized carbons (Fsp3) is 0.556. The van der Waals surface area contributed by atoms with Gasteiger partial charge in [-0.15, -0.1) is 0 Å². The lowest BCUT2D eigenvalue weighted by molar-refractivity contribution is -0.133. The molecule has 3 heterocycles. The van der Waals surface area contributed by atoms with Crippen molar-refractivity contribution in [3.63, 3.8) is 0 Å². The fourth-order valence-corrected chi connectivity index (χ4v) is 6.17. The van der Waals surface area contributed by atoms with Crippen LogP contribution in [-0.2, 0) is 19.6 Å². The summed E-state index contributed by atoms with van der Waals surface area (Å²) in [6.45, 7) is 1.89. The third-order valence-corrected chi connectivity index (χ3v) is 7.93. The van der Waals surface area contributed by atoms with Crippen molar-refractivity contribution in [3.8, 4) is 0 Å². The lowest BCUT2D eigenvalue weighted by atomic mass is 9.99. The molecule has 1 N–H and O–H groups in total. The highest BCUT2D eigenvalue weighted by Crippen LogP contribution is 2.28. The number of piperidine rings is 1. The Hall–Kier alpha value is -2.11. The summed E-state index contributed by atoms with van der Waals surface area (Å²) in [6.07, 6.45) is 3.17. The van der Waals surface area contributed by atoms with Gasteiger partial charge in [0.1, 0.15) is 15.9 Å². The molecule has 0 spiro atoms. The normalized spacial score (nSPS) is 20.8. The maximum Gasteiger partial charge on any atom is 0.245 e. The molecule has 1 aromatic heterocycles. The molecule has 2 aromatic rings. The minimum atomic E-state index is -3.79. The zero-order valence-electron chi connectivity index (χ0n) is 15.9. The maximum atomic E-state index is 13.2. The van der Waals surface area contributed by atoms with Gasteiger partial charge in [0, 0.05) is 26.2 Å². The van der Waals surface area contributed by atoms with Gasteiger partial charge >= 0.3 is 0 Å². The first kappa shape index (κ1) is 20.2. The summed E-state index contributed by atoms with van der Waals surface area (Å²) in [7, 11) is -3.79. The molecule has 2 saturated heterocycles. The van der Waals surface area contributed by atoms with Crippen molar-refractivity contribution in [1.29, 1.82) is 0 Å². The summed E-state index contributed by atoms with van der Waals surface area (Å²) < 4.78 is 35.9. The Morgan fingerprint density at radius 3 is 2.72 bits per heavy atom. The number of carbonyl (C=O) groups excluding carboxylic acids is 2. The number of carbonyl (C=O) groups is 2. The number of nitrogens with zero attached hydrogens (tertiary/aromatic N) is 4. The molecule has 0 aliphatic carbocycles. The Balaban J connectivity index is 1.43. The van der Waals surface area contributed by atoms with Gasteiger partial charge in [-0.1, -0.05) is 6.07 Å². The largest absolute Gasteiger partial charge is 0.347 e. The van der Waals surface area contributed by atoms with E-state index in [1.807, 2.05) is 0 Å². The van der Waals surface area contributed by atoms with E-state index in [-0.39, 0.29) is 29.8 Å². The molecule has 2 fully saturated rings. The van der Waals surface area contributed by atoms with E-state index in [2.05, 4.69) is 14.1 Å². The fourth-order valence-electron chi connectivity index (χ4n) is 3.89. The van der Waals surface area contributed by atoms with Crippen molar-refractivity contribution in [2.24, 2.45) is 5.92 Å². The number of hydrogen-bond donors (Lipinski definition) is 1. The van der Waals surface area contributed by atoms with E-state index >= 15 is 0 Å². The molecule has 29 heavy (non-hydrogen) atoms. The highest BCUT2D eigenvalue weighted by atomic mass is 32.2. The van der Waals surface area contributed by atoms with Crippen LogP contribution in [0.15, 0.2) is 23.1 Å². The Kier molecular flexibility index (Phi) is 5.79. The number of rotatable bonds is 5. The van der Waals surface area contributed by atoms with Crippen molar-refractivity contribution in [2.75, 3.05) is 32.7 Å². The third-order valence-electron chi connectivity index (χ3n) is 5.49. The molecule has 11 heteroatoms. The van der Waals surface area contributed by atoms with E-state index in [1.165, 1.54) is 10.4 Å². The number of amides is 2. The SMILES string of the molecule is O=C(NCC(=O)N1CCCC1)C1CCCN(S(=O)(=O)c2cccc3nsnc23)C1. The third kappa shape index (κ3) is 4.12. The molecular formula is C18H23N5O4S2. The second-order valence-electron chi connectivity index (χ2n) is 7.40. The van der Waals surface area contributed by atoms with E-state index < -0.39 is 15.9 Å². The lowest BCUT2D eigenvalue weighted by Gasteiger charge is -2.31. The number of fused-ring (bicyclic) bond motifs is 1. The molecule has 2 amide bonds. The average Bonchev–Trinajstić information content (AvgIpc) is 3.43. The van der Waals surface area contributed by atoms with Gasteiger partial charge in [0.2, 0.25) is 21.8 Å². The molecular weight excluding hydrogens is 414 g/mol. The molecule has 156 valence electrons. The Bertz CT molecular complexity index is 1020. The summed E-state index contributed by atoms with van der Waals surface area (Å²) in [6, 6.07) is 4.90. The number of hydrogen-bond acceptors (Lipinski definition) is 7. The second kappa shape index (κ2) is 8.33. The number of sulfonamides is 1. The van der Waals surface area contributed by atoms with Gasteiger partial charge in [-0.05, 0) is 37.8 Å². The van der Waals surface area contributed by atoms with Crippen LogP contribution in [0.5, 0.6) is 0 Å². The summed E-state index contributed by atoms with van der Waals surface area (Å²) in [4.78, 5) is 26.6. The van der Waals surface area contributed by atoms with Crippen molar-refractivity contribution in [2.45, 2.75) is 30.6 Å².